The Labute approximate surface area is 239 Å². The molecule has 6 bridgehead atoms. The molecule has 0 saturated carbocycles. The lowest BCUT2D eigenvalue weighted by Gasteiger charge is -2.38. The van der Waals surface area contributed by atoms with Crippen LogP contribution in [0, 0.1) is 0 Å². The molecule has 3 aromatic rings. The van der Waals surface area contributed by atoms with Crippen LogP contribution in [-0.2, 0) is 11.2 Å². The van der Waals surface area contributed by atoms with Crippen molar-refractivity contribution in [1.82, 2.24) is 10.2 Å². The van der Waals surface area contributed by atoms with E-state index in [0.717, 1.165) is 16.7 Å². The van der Waals surface area contributed by atoms with Gasteiger partial charge < -0.3 is 38.6 Å². The lowest BCUT2D eigenvalue weighted by Crippen LogP contribution is -2.41. The van der Waals surface area contributed by atoms with Crippen LogP contribution in [0.25, 0.3) is 0 Å². The largest absolute Gasteiger partial charge is 0.496 e. The highest BCUT2D eigenvalue weighted by Crippen LogP contribution is 2.43. The fourth-order valence-electron chi connectivity index (χ4n) is 5.29. The molecule has 0 saturated heterocycles. The molecule has 41 heavy (non-hydrogen) atoms. The Morgan fingerprint density at radius 3 is 2.41 bits per heavy atom. The molecular formula is C31H34N2O8. The van der Waals surface area contributed by atoms with Crippen molar-refractivity contribution in [2.45, 2.75) is 18.9 Å². The number of methoxy groups -OCH3 is 4. The first kappa shape index (κ1) is 27.9. The summed E-state index contributed by atoms with van der Waals surface area (Å²) in [4.78, 5) is 28.5. The predicted molar refractivity (Wildman–Crippen MR) is 151 cm³/mol. The van der Waals surface area contributed by atoms with Gasteiger partial charge in [-0.1, -0.05) is 12.1 Å². The van der Waals surface area contributed by atoms with E-state index in [1.807, 2.05) is 41.3 Å². The van der Waals surface area contributed by atoms with Gasteiger partial charge in [-0.3, -0.25) is 9.59 Å². The van der Waals surface area contributed by atoms with E-state index in [9.17, 15) is 9.59 Å². The molecule has 3 aliphatic heterocycles. The third-order valence-corrected chi connectivity index (χ3v) is 7.30. The standard InChI is InChI=1S/C31H34N2O8/c1-36-24-17-27(39-4)25(37-2)16-23(24)31(35)33-11-9-19-14-28-26(38-3)15-22(19)30(33)20-7-5-8-21(13-20)40-12-6-10-32-29(34)18-41-28/h5,7-8,13-17,30H,6,9-12,18H2,1-4H3,(H,32,34). The van der Waals surface area contributed by atoms with E-state index in [2.05, 4.69) is 5.32 Å². The molecule has 10 nitrogen and oxygen atoms in total. The monoisotopic (exact) mass is 562 g/mol. The van der Waals surface area contributed by atoms with Crippen molar-refractivity contribution in [3.8, 4) is 34.5 Å². The smallest absolute Gasteiger partial charge is 0.258 e. The van der Waals surface area contributed by atoms with Crippen LogP contribution in [0.1, 0.15) is 39.5 Å². The highest BCUT2D eigenvalue weighted by Gasteiger charge is 2.36. The molecule has 0 aromatic heterocycles. The van der Waals surface area contributed by atoms with Crippen LogP contribution in [0.5, 0.6) is 34.5 Å². The Kier molecular flexibility index (Phi) is 8.37. The van der Waals surface area contributed by atoms with Gasteiger partial charge in [-0.25, -0.2) is 0 Å². The average Bonchev–Trinajstić information content (AvgIpc) is 3.01. The summed E-state index contributed by atoms with van der Waals surface area (Å²) in [5.74, 6) is 2.44. The van der Waals surface area contributed by atoms with E-state index in [0.29, 0.717) is 72.6 Å². The van der Waals surface area contributed by atoms with E-state index in [1.54, 1.807) is 19.2 Å². The van der Waals surface area contributed by atoms with Crippen molar-refractivity contribution < 1.29 is 38.0 Å². The molecule has 10 heteroatoms. The van der Waals surface area contributed by atoms with E-state index in [1.165, 1.54) is 21.3 Å². The van der Waals surface area contributed by atoms with Crippen LogP contribution < -0.4 is 33.7 Å². The Morgan fingerprint density at radius 2 is 1.66 bits per heavy atom. The number of carbonyl (C=O) groups is 2. The van der Waals surface area contributed by atoms with Gasteiger partial charge in [-0.2, -0.15) is 0 Å². The SMILES string of the molecule is COc1cc(OC)c(C(=O)N2CCc3cc4c(OC)cc3C2c2cccc(c2)OCCCNC(=O)CO4)cc1OC. The molecular weight excluding hydrogens is 528 g/mol. The van der Waals surface area contributed by atoms with Crippen LogP contribution in [0.15, 0.2) is 48.5 Å². The van der Waals surface area contributed by atoms with E-state index in [-0.39, 0.29) is 18.4 Å². The highest BCUT2D eigenvalue weighted by molar-refractivity contribution is 5.98. The maximum absolute atomic E-state index is 14.3. The topological polar surface area (TPSA) is 105 Å². The van der Waals surface area contributed by atoms with E-state index in [4.69, 9.17) is 28.4 Å². The Morgan fingerprint density at radius 1 is 0.902 bits per heavy atom. The van der Waals surface area contributed by atoms with Gasteiger partial charge in [-0.05, 0) is 53.8 Å². The molecule has 0 fully saturated rings. The third-order valence-electron chi connectivity index (χ3n) is 7.30. The van der Waals surface area contributed by atoms with Crippen LogP contribution in [0.2, 0.25) is 0 Å². The fourth-order valence-corrected chi connectivity index (χ4v) is 5.29. The van der Waals surface area contributed by atoms with Gasteiger partial charge in [0.2, 0.25) is 0 Å². The molecule has 3 aromatic carbocycles. The van der Waals surface area contributed by atoms with Gasteiger partial charge in [0.25, 0.3) is 11.8 Å². The highest BCUT2D eigenvalue weighted by atomic mass is 16.5. The minimum Gasteiger partial charge on any atom is -0.496 e. The predicted octanol–water partition coefficient (Wildman–Crippen LogP) is 3.79. The number of carbonyl (C=O) groups excluding carboxylic acids is 2. The molecule has 6 rings (SSSR count). The van der Waals surface area contributed by atoms with Crippen molar-refractivity contribution in [2.75, 3.05) is 54.7 Å². The fraction of sp³-hybridized carbons (Fsp3) is 0.355. The Hall–Kier alpha value is -4.60. The zero-order valence-corrected chi connectivity index (χ0v) is 23.7. The van der Waals surface area contributed by atoms with Crippen LogP contribution in [0.3, 0.4) is 0 Å². The van der Waals surface area contributed by atoms with Crippen molar-refractivity contribution in [3.63, 3.8) is 0 Å². The maximum atomic E-state index is 14.3. The Bertz CT molecular complexity index is 1440. The lowest BCUT2D eigenvalue weighted by molar-refractivity contribution is -0.123. The molecule has 0 aliphatic carbocycles. The number of amides is 2. The number of ether oxygens (including phenoxy) is 6. The van der Waals surface area contributed by atoms with Crippen LogP contribution in [-0.4, -0.2) is 71.5 Å². The van der Waals surface area contributed by atoms with Gasteiger partial charge in [0, 0.05) is 25.2 Å². The summed E-state index contributed by atoms with van der Waals surface area (Å²) in [6.45, 7) is 1.17. The van der Waals surface area contributed by atoms with Gasteiger partial charge in [0.1, 0.15) is 11.5 Å². The summed E-state index contributed by atoms with van der Waals surface area (Å²) in [7, 11) is 6.13. The number of nitrogens with one attached hydrogen (secondary N) is 1. The van der Waals surface area contributed by atoms with Gasteiger partial charge in [0.15, 0.2) is 29.6 Å². The van der Waals surface area contributed by atoms with Crippen molar-refractivity contribution in [2.24, 2.45) is 0 Å². The molecule has 0 radical (unpaired) electrons. The van der Waals surface area contributed by atoms with Crippen molar-refractivity contribution >= 4 is 11.8 Å². The first-order valence-corrected chi connectivity index (χ1v) is 13.4. The zero-order chi connectivity index (χ0) is 28.9. The minimum atomic E-state index is -0.466. The van der Waals surface area contributed by atoms with E-state index >= 15 is 0 Å². The second-order valence-corrected chi connectivity index (χ2v) is 9.67. The normalized spacial score (nSPS) is 16.6. The molecule has 3 heterocycles. The lowest BCUT2D eigenvalue weighted by atomic mass is 9.87. The number of benzene rings is 3. The molecule has 1 atom stereocenters. The maximum Gasteiger partial charge on any atom is 0.258 e. The molecule has 2 amide bonds. The van der Waals surface area contributed by atoms with Crippen molar-refractivity contribution in [3.05, 3.63) is 70.8 Å². The van der Waals surface area contributed by atoms with E-state index < -0.39 is 6.04 Å². The summed E-state index contributed by atoms with van der Waals surface area (Å²) in [6.07, 6.45) is 1.19. The number of fused-ring (bicyclic) bond motifs is 8. The van der Waals surface area contributed by atoms with Crippen LogP contribution in [0.4, 0.5) is 0 Å². The molecule has 1 N–H and O–H groups in total. The van der Waals surface area contributed by atoms with Gasteiger partial charge >= 0.3 is 0 Å². The van der Waals surface area contributed by atoms with Crippen molar-refractivity contribution in [1.29, 1.82) is 0 Å². The molecule has 3 aliphatic rings. The summed E-state index contributed by atoms with van der Waals surface area (Å²) in [5, 5.41) is 2.85. The summed E-state index contributed by atoms with van der Waals surface area (Å²) in [6, 6.07) is 14.4. The second-order valence-electron chi connectivity index (χ2n) is 9.67. The quantitative estimate of drug-likeness (QED) is 0.501. The summed E-state index contributed by atoms with van der Waals surface area (Å²) in [5.41, 5.74) is 3.12. The van der Waals surface area contributed by atoms with Gasteiger partial charge in [0.05, 0.1) is 46.7 Å². The number of hydrogen-bond acceptors (Lipinski definition) is 8. The minimum absolute atomic E-state index is 0.137. The Balaban J connectivity index is 1.65. The average molecular weight is 563 g/mol. The summed E-state index contributed by atoms with van der Waals surface area (Å²) < 4.78 is 34.1. The number of rotatable bonds is 5. The van der Waals surface area contributed by atoms with Crippen LogP contribution >= 0.6 is 0 Å². The third kappa shape index (κ3) is 5.68. The number of hydrogen-bond donors (Lipinski definition) is 1. The first-order chi connectivity index (χ1) is 20.0. The summed E-state index contributed by atoms with van der Waals surface area (Å²) >= 11 is 0. The second kappa shape index (κ2) is 12.3. The first-order valence-electron chi connectivity index (χ1n) is 13.4. The van der Waals surface area contributed by atoms with Gasteiger partial charge in [-0.15, -0.1) is 0 Å². The molecule has 1 unspecified atom stereocenters. The zero-order valence-electron chi connectivity index (χ0n) is 23.7. The molecule has 0 spiro atoms. The number of nitrogens with zero attached hydrogens (tertiary/aromatic N) is 1. The molecule has 216 valence electrons.